The van der Waals surface area contributed by atoms with Gasteiger partial charge in [0.1, 0.15) is 0 Å². The van der Waals surface area contributed by atoms with Gasteiger partial charge in [-0.25, -0.2) is 4.98 Å². The van der Waals surface area contributed by atoms with Gasteiger partial charge in [0.05, 0.1) is 18.4 Å². The van der Waals surface area contributed by atoms with E-state index in [4.69, 9.17) is 4.42 Å². The maximum atomic E-state index is 12.4. The molecule has 5 heteroatoms. The Bertz CT molecular complexity index is 988. The molecule has 0 spiro atoms. The molecule has 2 aromatic heterocycles. The minimum Gasteiger partial charge on any atom is -0.462 e. The third kappa shape index (κ3) is 5.00. The summed E-state index contributed by atoms with van der Waals surface area (Å²) in [7, 11) is 0. The number of amides is 1. The molecule has 0 aliphatic rings. The van der Waals surface area contributed by atoms with Gasteiger partial charge in [-0.1, -0.05) is 60.7 Å². The van der Waals surface area contributed by atoms with Crippen molar-refractivity contribution in [1.29, 1.82) is 0 Å². The number of thiazole rings is 1. The topological polar surface area (TPSA) is 55.1 Å². The minimum absolute atomic E-state index is 0.0128. The second-order valence-corrected chi connectivity index (χ2v) is 7.67. The van der Waals surface area contributed by atoms with Crippen molar-refractivity contribution in [3.05, 3.63) is 101 Å². The molecule has 1 amide bonds. The smallest absolute Gasteiger partial charge is 0.226 e. The molecule has 0 aliphatic carbocycles. The van der Waals surface area contributed by atoms with Crippen molar-refractivity contribution >= 4 is 17.2 Å². The lowest BCUT2D eigenvalue weighted by atomic mass is 9.88. The molecule has 0 bridgehead atoms. The third-order valence-electron chi connectivity index (χ3n) is 4.78. The molecule has 2 aromatic carbocycles. The monoisotopic (exact) mass is 402 g/mol. The Hall–Kier alpha value is -3.18. The molecule has 0 fully saturated rings. The Morgan fingerprint density at radius 3 is 2.28 bits per heavy atom. The third-order valence-corrected chi connectivity index (χ3v) is 5.69. The Balaban J connectivity index is 1.34. The lowest BCUT2D eigenvalue weighted by molar-refractivity contribution is -0.120. The van der Waals surface area contributed by atoms with E-state index in [-0.39, 0.29) is 18.2 Å². The number of nitrogens with one attached hydrogen (secondary N) is 1. The number of furan rings is 1. The van der Waals surface area contributed by atoms with E-state index in [1.165, 1.54) is 22.5 Å². The first-order valence-electron chi connectivity index (χ1n) is 9.64. The van der Waals surface area contributed by atoms with E-state index in [0.29, 0.717) is 6.54 Å². The Labute approximate surface area is 174 Å². The summed E-state index contributed by atoms with van der Waals surface area (Å²) in [5.41, 5.74) is 3.28. The second-order valence-electron chi connectivity index (χ2n) is 6.81. The molecule has 0 saturated carbocycles. The molecule has 4 rings (SSSR count). The van der Waals surface area contributed by atoms with E-state index >= 15 is 0 Å². The van der Waals surface area contributed by atoms with Gasteiger partial charge >= 0.3 is 0 Å². The van der Waals surface area contributed by atoms with Crippen LogP contribution in [0.3, 0.4) is 0 Å². The number of carbonyl (C=O) groups is 1. The Morgan fingerprint density at radius 1 is 0.966 bits per heavy atom. The molecule has 0 saturated heterocycles. The Kier molecular flexibility index (Phi) is 6.17. The van der Waals surface area contributed by atoms with E-state index in [0.717, 1.165) is 22.9 Å². The van der Waals surface area contributed by atoms with Crippen LogP contribution in [0.4, 0.5) is 0 Å². The summed E-state index contributed by atoms with van der Waals surface area (Å²) < 4.78 is 5.36. The van der Waals surface area contributed by atoms with Crippen molar-refractivity contribution in [2.45, 2.75) is 18.8 Å². The number of benzene rings is 2. The molecular formula is C24H22N2O2S. The number of hydrogen-bond acceptors (Lipinski definition) is 4. The van der Waals surface area contributed by atoms with Crippen LogP contribution in [0.1, 0.15) is 29.2 Å². The molecule has 29 heavy (non-hydrogen) atoms. The van der Waals surface area contributed by atoms with Gasteiger partial charge in [0.25, 0.3) is 0 Å². The first kappa shape index (κ1) is 19.2. The summed E-state index contributed by atoms with van der Waals surface area (Å²) in [5.74, 6) is 0.971. The fraction of sp³-hybridized carbons (Fsp3) is 0.167. The standard InChI is InChI=1S/C24H22N2O2S/c27-23(16-20-17-29-24(26-20)22-12-7-15-28-22)25-14-13-21(18-8-3-1-4-9-18)19-10-5-2-6-11-19/h1-12,15,17,21H,13-14,16H2,(H,25,27). The normalized spacial score (nSPS) is 10.9. The predicted molar refractivity (Wildman–Crippen MR) is 116 cm³/mol. The minimum atomic E-state index is -0.0128. The number of nitrogens with zero attached hydrogens (tertiary/aromatic N) is 1. The van der Waals surface area contributed by atoms with Crippen LogP contribution in [0.5, 0.6) is 0 Å². The number of carbonyl (C=O) groups excluding carboxylic acids is 1. The fourth-order valence-electron chi connectivity index (χ4n) is 3.38. The second kappa shape index (κ2) is 9.34. The molecule has 2 heterocycles. The average molecular weight is 403 g/mol. The number of rotatable bonds is 8. The quantitative estimate of drug-likeness (QED) is 0.436. The zero-order valence-electron chi connectivity index (χ0n) is 16.0. The van der Waals surface area contributed by atoms with Crippen LogP contribution in [-0.2, 0) is 11.2 Å². The van der Waals surface area contributed by atoms with Crippen molar-refractivity contribution < 1.29 is 9.21 Å². The van der Waals surface area contributed by atoms with Crippen LogP contribution in [0, 0.1) is 0 Å². The highest BCUT2D eigenvalue weighted by Crippen LogP contribution is 2.27. The van der Waals surface area contributed by atoms with Gasteiger partial charge in [-0.05, 0) is 29.7 Å². The zero-order valence-corrected chi connectivity index (χ0v) is 16.8. The summed E-state index contributed by atoms with van der Waals surface area (Å²) in [5, 5.41) is 5.76. The zero-order chi connectivity index (χ0) is 19.9. The molecule has 0 aliphatic heterocycles. The molecule has 0 radical (unpaired) electrons. The molecular weight excluding hydrogens is 380 g/mol. The maximum absolute atomic E-state index is 12.4. The highest BCUT2D eigenvalue weighted by molar-refractivity contribution is 7.13. The van der Waals surface area contributed by atoms with Crippen molar-refractivity contribution in [1.82, 2.24) is 10.3 Å². The molecule has 4 nitrogen and oxygen atoms in total. The van der Waals surface area contributed by atoms with Gasteiger partial charge in [-0.3, -0.25) is 4.79 Å². The largest absolute Gasteiger partial charge is 0.462 e. The first-order chi connectivity index (χ1) is 14.3. The summed E-state index contributed by atoms with van der Waals surface area (Å²) in [6.07, 6.45) is 2.74. The molecule has 1 N–H and O–H groups in total. The van der Waals surface area contributed by atoms with E-state index in [1.807, 2.05) is 29.6 Å². The Morgan fingerprint density at radius 2 is 1.66 bits per heavy atom. The van der Waals surface area contributed by atoms with Crippen molar-refractivity contribution in [3.8, 4) is 10.8 Å². The van der Waals surface area contributed by atoms with Gasteiger partial charge in [-0.2, -0.15) is 0 Å². The molecule has 4 aromatic rings. The van der Waals surface area contributed by atoms with Gasteiger partial charge < -0.3 is 9.73 Å². The van der Waals surface area contributed by atoms with Crippen LogP contribution in [0.2, 0.25) is 0 Å². The summed E-state index contributed by atoms with van der Waals surface area (Å²) in [6.45, 7) is 0.614. The van der Waals surface area contributed by atoms with E-state index in [9.17, 15) is 4.79 Å². The van der Waals surface area contributed by atoms with Gasteiger partial charge in [0.15, 0.2) is 10.8 Å². The summed E-state index contributed by atoms with van der Waals surface area (Å²) >= 11 is 1.49. The van der Waals surface area contributed by atoms with Crippen molar-refractivity contribution in [3.63, 3.8) is 0 Å². The predicted octanol–water partition coefficient (Wildman–Crippen LogP) is 5.28. The SMILES string of the molecule is O=C(Cc1csc(-c2ccco2)n1)NCCC(c1ccccc1)c1ccccc1. The highest BCUT2D eigenvalue weighted by Gasteiger charge is 2.15. The fourth-order valence-corrected chi connectivity index (χ4v) is 4.17. The summed E-state index contributed by atoms with van der Waals surface area (Å²) in [6, 6.07) is 24.6. The molecule has 0 unspecified atom stereocenters. The highest BCUT2D eigenvalue weighted by atomic mass is 32.1. The molecule has 146 valence electrons. The van der Waals surface area contributed by atoms with Crippen LogP contribution in [-0.4, -0.2) is 17.4 Å². The van der Waals surface area contributed by atoms with E-state index in [2.05, 4.69) is 58.8 Å². The van der Waals surface area contributed by atoms with Gasteiger partial charge in [0, 0.05) is 17.8 Å². The van der Waals surface area contributed by atoms with Crippen LogP contribution in [0.15, 0.2) is 88.9 Å². The van der Waals surface area contributed by atoms with Crippen molar-refractivity contribution in [2.75, 3.05) is 6.54 Å². The summed E-state index contributed by atoms with van der Waals surface area (Å²) in [4.78, 5) is 16.9. The lowest BCUT2D eigenvalue weighted by Crippen LogP contribution is -2.27. The number of aromatic nitrogens is 1. The van der Waals surface area contributed by atoms with Gasteiger partial charge in [0.2, 0.25) is 5.91 Å². The molecule has 0 atom stereocenters. The average Bonchev–Trinajstić information content (AvgIpc) is 3.44. The first-order valence-corrected chi connectivity index (χ1v) is 10.5. The van der Waals surface area contributed by atoms with E-state index < -0.39 is 0 Å². The van der Waals surface area contributed by atoms with Gasteiger partial charge in [-0.15, -0.1) is 11.3 Å². The number of hydrogen-bond donors (Lipinski definition) is 1. The lowest BCUT2D eigenvalue weighted by Gasteiger charge is -2.18. The van der Waals surface area contributed by atoms with Crippen molar-refractivity contribution in [2.24, 2.45) is 0 Å². The van der Waals surface area contributed by atoms with E-state index in [1.54, 1.807) is 6.26 Å². The van der Waals surface area contributed by atoms with Crippen LogP contribution >= 0.6 is 11.3 Å². The maximum Gasteiger partial charge on any atom is 0.226 e. The van der Waals surface area contributed by atoms with Crippen LogP contribution < -0.4 is 5.32 Å². The van der Waals surface area contributed by atoms with Crippen LogP contribution in [0.25, 0.3) is 10.8 Å².